The summed E-state index contributed by atoms with van der Waals surface area (Å²) in [6.07, 6.45) is 1.66. The molecule has 0 fully saturated rings. The number of hydrogen-bond acceptors (Lipinski definition) is 3. The normalized spacial score (nSPS) is 10.9. The molecule has 4 nitrogen and oxygen atoms in total. The molecule has 0 radical (unpaired) electrons. The van der Waals surface area contributed by atoms with Crippen LogP contribution in [0.2, 0.25) is 0 Å². The lowest BCUT2D eigenvalue weighted by atomic mass is 10.2. The van der Waals surface area contributed by atoms with Crippen LogP contribution in [0, 0.1) is 6.92 Å². The molecule has 0 spiro atoms. The largest absolute Gasteiger partial charge is 0.435 e. The Kier molecular flexibility index (Phi) is 4.46. The van der Waals surface area contributed by atoms with E-state index in [4.69, 9.17) is 0 Å². The van der Waals surface area contributed by atoms with Gasteiger partial charge < -0.3 is 15.0 Å². The predicted octanol–water partition coefficient (Wildman–Crippen LogP) is 2.61. The van der Waals surface area contributed by atoms with E-state index in [0.717, 1.165) is 17.0 Å². The Morgan fingerprint density at radius 2 is 2.00 bits per heavy atom. The van der Waals surface area contributed by atoms with Crippen LogP contribution in [0.25, 0.3) is 0 Å². The molecular weight excluding hydrogens is 252 g/mol. The molecule has 19 heavy (non-hydrogen) atoms. The van der Waals surface area contributed by atoms with Crippen molar-refractivity contribution in [2.24, 2.45) is 0 Å². The summed E-state index contributed by atoms with van der Waals surface area (Å²) in [6, 6.07) is 6.57. The highest BCUT2D eigenvalue weighted by Gasteiger charge is 2.04. The fraction of sp³-hybridized carbons (Fsp3) is 0.308. The molecule has 1 aromatic heterocycles. The molecule has 2 rings (SSSR count). The Hall–Kier alpha value is -1.95. The molecule has 1 aromatic carbocycles. The molecule has 2 aromatic rings. The average Bonchev–Trinajstić information content (AvgIpc) is 2.77. The number of ether oxygens (including phenoxy) is 1. The Bertz CT molecular complexity index is 511. The van der Waals surface area contributed by atoms with E-state index in [1.807, 2.05) is 6.92 Å². The van der Waals surface area contributed by atoms with Gasteiger partial charge in [0.2, 0.25) is 0 Å². The topological polar surface area (TPSA) is 49.9 Å². The molecule has 0 aliphatic rings. The molecule has 1 heterocycles. The highest BCUT2D eigenvalue weighted by Crippen LogP contribution is 2.14. The third-order valence-electron chi connectivity index (χ3n) is 2.70. The Labute approximate surface area is 109 Å². The van der Waals surface area contributed by atoms with Gasteiger partial charge in [0.25, 0.3) is 0 Å². The minimum Gasteiger partial charge on any atom is -0.435 e. The average molecular weight is 267 g/mol. The lowest BCUT2D eigenvalue weighted by Gasteiger charge is -2.06. The first-order valence-electron chi connectivity index (χ1n) is 5.88. The number of hydrogen-bond donors (Lipinski definition) is 2. The summed E-state index contributed by atoms with van der Waals surface area (Å²) >= 11 is 0. The summed E-state index contributed by atoms with van der Waals surface area (Å²) in [5, 5.41) is 3.23. The van der Waals surface area contributed by atoms with Crippen LogP contribution in [0.5, 0.6) is 5.75 Å². The Morgan fingerprint density at radius 1 is 1.26 bits per heavy atom. The van der Waals surface area contributed by atoms with E-state index < -0.39 is 6.61 Å². The fourth-order valence-corrected chi connectivity index (χ4v) is 1.68. The second kappa shape index (κ2) is 6.29. The zero-order valence-electron chi connectivity index (χ0n) is 10.5. The van der Waals surface area contributed by atoms with Crippen molar-refractivity contribution >= 4 is 0 Å². The highest BCUT2D eigenvalue weighted by atomic mass is 19.3. The molecule has 6 heteroatoms. The van der Waals surface area contributed by atoms with Crippen LogP contribution in [0.1, 0.15) is 17.0 Å². The third kappa shape index (κ3) is 4.03. The lowest BCUT2D eigenvalue weighted by Crippen LogP contribution is -2.13. The number of benzene rings is 1. The van der Waals surface area contributed by atoms with Crippen LogP contribution in [0.15, 0.2) is 30.6 Å². The second-order valence-corrected chi connectivity index (χ2v) is 4.10. The van der Waals surface area contributed by atoms with Gasteiger partial charge in [-0.3, -0.25) is 0 Å². The number of H-pyrrole nitrogens is 1. The summed E-state index contributed by atoms with van der Waals surface area (Å²) in [7, 11) is 0. The summed E-state index contributed by atoms with van der Waals surface area (Å²) in [5.74, 6) is 0.168. The fourth-order valence-electron chi connectivity index (χ4n) is 1.68. The molecule has 0 saturated carbocycles. The second-order valence-electron chi connectivity index (χ2n) is 4.10. The van der Waals surface area contributed by atoms with Crippen molar-refractivity contribution in [3.05, 3.63) is 47.5 Å². The van der Waals surface area contributed by atoms with Crippen LogP contribution < -0.4 is 10.1 Å². The van der Waals surface area contributed by atoms with Gasteiger partial charge in [-0.15, -0.1) is 0 Å². The zero-order chi connectivity index (χ0) is 13.7. The van der Waals surface area contributed by atoms with Crippen molar-refractivity contribution in [3.8, 4) is 5.75 Å². The van der Waals surface area contributed by atoms with Gasteiger partial charge in [-0.25, -0.2) is 4.98 Å². The van der Waals surface area contributed by atoms with Gasteiger partial charge in [-0.1, -0.05) is 12.1 Å². The highest BCUT2D eigenvalue weighted by molar-refractivity contribution is 5.27. The molecular formula is C13H15F2N3O. The SMILES string of the molecule is Cc1[nH]cnc1CNCc1ccc(OC(F)F)cc1. The van der Waals surface area contributed by atoms with Crippen molar-refractivity contribution < 1.29 is 13.5 Å². The number of aromatic nitrogens is 2. The van der Waals surface area contributed by atoms with Gasteiger partial charge in [0.15, 0.2) is 0 Å². The first-order chi connectivity index (χ1) is 9.15. The van der Waals surface area contributed by atoms with Gasteiger partial charge >= 0.3 is 6.61 Å². The van der Waals surface area contributed by atoms with Crippen molar-refractivity contribution in [3.63, 3.8) is 0 Å². The van der Waals surface area contributed by atoms with Crippen molar-refractivity contribution in [2.75, 3.05) is 0 Å². The Balaban J connectivity index is 1.81. The van der Waals surface area contributed by atoms with E-state index in [9.17, 15) is 8.78 Å². The number of aryl methyl sites for hydroxylation is 1. The summed E-state index contributed by atoms with van der Waals surface area (Å²) in [4.78, 5) is 7.18. The van der Waals surface area contributed by atoms with E-state index in [1.54, 1.807) is 18.5 Å². The van der Waals surface area contributed by atoms with E-state index in [2.05, 4.69) is 20.0 Å². The van der Waals surface area contributed by atoms with Gasteiger partial charge in [-0.05, 0) is 24.6 Å². The van der Waals surface area contributed by atoms with Crippen LogP contribution in [-0.2, 0) is 13.1 Å². The quantitative estimate of drug-likeness (QED) is 0.845. The number of nitrogens with one attached hydrogen (secondary N) is 2. The summed E-state index contributed by atoms with van der Waals surface area (Å²) in [5.41, 5.74) is 3.00. The molecule has 0 aliphatic carbocycles. The maximum Gasteiger partial charge on any atom is 0.387 e. The maximum absolute atomic E-state index is 12.0. The van der Waals surface area contributed by atoms with Gasteiger partial charge in [0, 0.05) is 18.8 Å². The number of nitrogens with zero attached hydrogens (tertiary/aromatic N) is 1. The third-order valence-corrected chi connectivity index (χ3v) is 2.70. The van der Waals surface area contributed by atoms with Gasteiger partial charge in [0.05, 0.1) is 12.0 Å². The van der Waals surface area contributed by atoms with Gasteiger partial charge in [0.1, 0.15) is 5.75 Å². The molecule has 0 atom stereocenters. The molecule has 0 amide bonds. The summed E-state index contributed by atoms with van der Waals surface area (Å²) < 4.78 is 28.2. The monoisotopic (exact) mass is 267 g/mol. The minimum atomic E-state index is -2.79. The van der Waals surface area contributed by atoms with Crippen LogP contribution >= 0.6 is 0 Å². The lowest BCUT2D eigenvalue weighted by molar-refractivity contribution is -0.0498. The van der Waals surface area contributed by atoms with Crippen molar-refractivity contribution in [1.29, 1.82) is 0 Å². The molecule has 2 N–H and O–H groups in total. The number of rotatable bonds is 6. The van der Waals surface area contributed by atoms with E-state index in [0.29, 0.717) is 13.1 Å². The van der Waals surface area contributed by atoms with Gasteiger partial charge in [-0.2, -0.15) is 8.78 Å². The molecule has 0 aliphatic heterocycles. The molecule has 0 bridgehead atoms. The van der Waals surface area contributed by atoms with E-state index >= 15 is 0 Å². The number of aromatic amines is 1. The Morgan fingerprint density at radius 3 is 2.58 bits per heavy atom. The smallest absolute Gasteiger partial charge is 0.387 e. The first kappa shape index (κ1) is 13.5. The number of imidazole rings is 1. The minimum absolute atomic E-state index is 0.168. The van der Waals surface area contributed by atoms with Crippen LogP contribution in [-0.4, -0.2) is 16.6 Å². The number of halogens is 2. The van der Waals surface area contributed by atoms with Crippen molar-refractivity contribution in [2.45, 2.75) is 26.6 Å². The maximum atomic E-state index is 12.0. The van der Waals surface area contributed by atoms with E-state index in [1.165, 1.54) is 12.1 Å². The molecule has 0 unspecified atom stereocenters. The zero-order valence-corrected chi connectivity index (χ0v) is 10.5. The molecule has 102 valence electrons. The number of alkyl halides is 2. The van der Waals surface area contributed by atoms with E-state index in [-0.39, 0.29) is 5.75 Å². The summed E-state index contributed by atoms with van der Waals surface area (Å²) in [6.45, 7) is 0.471. The predicted molar refractivity (Wildman–Crippen MR) is 66.9 cm³/mol. The van der Waals surface area contributed by atoms with Crippen LogP contribution in [0.3, 0.4) is 0 Å². The standard InChI is InChI=1S/C13H15F2N3O/c1-9-12(18-8-17-9)7-16-6-10-2-4-11(5-3-10)19-13(14)15/h2-5,8,13,16H,6-7H2,1H3,(H,17,18). The first-order valence-corrected chi connectivity index (χ1v) is 5.88. The molecule has 0 saturated heterocycles. The van der Waals surface area contributed by atoms with Crippen LogP contribution in [0.4, 0.5) is 8.78 Å². The van der Waals surface area contributed by atoms with Crippen molar-refractivity contribution in [1.82, 2.24) is 15.3 Å².